The summed E-state index contributed by atoms with van der Waals surface area (Å²) >= 11 is 1.27. The van der Waals surface area contributed by atoms with E-state index in [0.29, 0.717) is 38.7 Å². The van der Waals surface area contributed by atoms with Crippen molar-refractivity contribution in [1.82, 2.24) is 4.57 Å². The van der Waals surface area contributed by atoms with Gasteiger partial charge in [0, 0.05) is 11.1 Å². The molecule has 0 bridgehead atoms. The molecule has 1 aliphatic rings. The highest BCUT2D eigenvalue weighted by molar-refractivity contribution is 7.07. The normalized spacial score (nSPS) is 14.5. The number of carbonyl (C=O) groups excluding carboxylic acids is 1. The molecule has 2 heterocycles. The van der Waals surface area contributed by atoms with Gasteiger partial charge in [-0.25, -0.2) is 9.79 Å². The smallest absolute Gasteiger partial charge is 0.338 e. The van der Waals surface area contributed by atoms with Gasteiger partial charge in [0.1, 0.15) is 18.1 Å². The molecule has 44 heavy (non-hydrogen) atoms. The van der Waals surface area contributed by atoms with Crippen LogP contribution in [0.25, 0.3) is 11.8 Å². The standard InChI is InChI=1S/C36H30N2O5S/c1-3-42-35(40)31-32(25-15-8-5-9-16-25)37-36-38(33(31)27-18-12-19-28(21-27)41-2)34(39)30(44-36)22-26-17-10-11-20-29(26)43-23-24-13-6-4-7-14-24/h4-22,33H,3,23H2,1-2H3/b30-22+/t33-/m0/s1. The van der Waals surface area contributed by atoms with E-state index < -0.39 is 12.0 Å². The Labute approximate surface area is 258 Å². The zero-order valence-electron chi connectivity index (χ0n) is 24.3. The number of nitrogens with zero attached hydrogens (tertiary/aromatic N) is 2. The molecule has 0 unspecified atom stereocenters. The van der Waals surface area contributed by atoms with E-state index in [1.165, 1.54) is 11.3 Å². The molecular formula is C36H30N2O5S. The van der Waals surface area contributed by atoms with Crippen molar-refractivity contribution in [3.63, 3.8) is 0 Å². The van der Waals surface area contributed by atoms with E-state index in [0.717, 1.165) is 16.7 Å². The van der Waals surface area contributed by atoms with Gasteiger partial charge in [0.05, 0.1) is 35.6 Å². The largest absolute Gasteiger partial charge is 0.497 e. The van der Waals surface area contributed by atoms with Crippen molar-refractivity contribution in [1.29, 1.82) is 0 Å². The lowest BCUT2D eigenvalue weighted by atomic mass is 9.93. The minimum absolute atomic E-state index is 0.180. The molecule has 8 heteroatoms. The van der Waals surface area contributed by atoms with Crippen LogP contribution in [0.2, 0.25) is 0 Å². The highest BCUT2D eigenvalue weighted by Crippen LogP contribution is 2.36. The molecule has 6 rings (SSSR count). The molecule has 4 aromatic carbocycles. The molecule has 0 aliphatic carbocycles. The van der Waals surface area contributed by atoms with Gasteiger partial charge in [0.2, 0.25) is 0 Å². The van der Waals surface area contributed by atoms with Crippen LogP contribution >= 0.6 is 11.3 Å². The van der Waals surface area contributed by atoms with Crippen LogP contribution in [0.4, 0.5) is 0 Å². The quantitative estimate of drug-likeness (QED) is 0.208. The molecular weight excluding hydrogens is 572 g/mol. The lowest BCUT2D eigenvalue weighted by Crippen LogP contribution is -2.40. The molecule has 1 aromatic heterocycles. The molecule has 5 aromatic rings. The Morgan fingerprint density at radius 3 is 2.41 bits per heavy atom. The number of methoxy groups -OCH3 is 1. The number of ether oxygens (including phenoxy) is 3. The van der Waals surface area contributed by atoms with Crippen molar-refractivity contribution in [3.8, 4) is 11.5 Å². The summed E-state index contributed by atoms with van der Waals surface area (Å²) in [6.07, 6.45) is 1.82. The van der Waals surface area contributed by atoms with Crippen LogP contribution < -0.4 is 24.4 Å². The fraction of sp³-hybridized carbons (Fsp3) is 0.139. The minimum atomic E-state index is -0.790. The van der Waals surface area contributed by atoms with Crippen LogP contribution in [0.3, 0.4) is 0 Å². The summed E-state index contributed by atoms with van der Waals surface area (Å²) in [6.45, 7) is 2.33. The first kappa shape index (κ1) is 28.9. The zero-order valence-corrected chi connectivity index (χ0v) is 25.1. The van der Waals surface area contributed by atoms with Gasteiger partial charge in [-0.05, 0) is 42.3 Å². The van der Waals surface area contributed by atoms with Crippen LogP contribution in [-0.2, 0) is 16.1 Å². The Morgan fingerprint density at radius 2 is 1.66 bits per heavy atom. The molecule has 7 nitrogen and oxygen atoms in total. The topological polar surface area (TPSA) is 79.1 Å². The average molecular weight is 603 g/mol. The molecule has 1 atom stereocenters. The van der Waals surface area contributed by atoms with Crippen LogP contribution in [-0.4, -0.2) is 24.3 Å². The van der Waals surface area contributed by atoms with E-state index >= 15 is 0 Å². The Morgan fingerprint density at radius 1 is 0.932 bits per heavy atom. The highest BCUT2D eigenvalue weighted by atomic mass is 32.1. The maximum atomic E-state index is 14.3. The number of fused-ring (bicyclic) bond motifs is 1. The first-order valence-corrected chi connectivity index (χ1v) is 15.1. The minimum Gasteiger partial charge on any atom is -0.497 e. The van der Waals surface area contributed by atoms with Gasteiger partial charge in [-0.2, -0.15) is 0 Å². The fourth-order valence-corrected chi connectivity index (χ4v) is 6.17. The third kappa shape index (κ3) is 5.85. The summed E-state index contributed by atoms with van der Waals surface area (Å²) in [5, 5.41) is 0. The summed E-state index contributed by atoms with van der Waals surface area (Å²) in [6, 6.07) is 33.6. The second-order valence-electron chi connectivity index (χ2n) is 10.0. The SMILES string of the molecule is CCOC(=O)C1=C(c2ccccc2)N=c2s/c(=C/c3ccccc3OCc3ccccc3)c(=O)n2[C@H]1c1cccc(OC)c1. The first-order chi connectivity index (χ1) is 21.6. The van der Waals surface area contributed by atoms with Crippen molar-refractivity contribution in [2.75, 3.05) is 13.7 Å². The van der Waals surface area contributed by atoms with E-state index in [9.17, 15) is 9.59 Å². The Hall–Kier alpha value is -5.21. The molecule has 0 amide bonds. The number of thiazole rings is 1. The van der Waals surface area contributed by atoms with Crippen LogP contribution in [0.1, 0.15) is 35.2 Å². The maximum Gasteiger partial charge on any atom is 0.338 e. The molecule has 0 saturated carbocycles. The summed E-state index contributed by atoms with van der Waals surface area (Å²) < 4.78 is 19.3. The number of benzene rings is 4. The molecule has 0 saturated heterocycles. The average Bonchev–Trinajstić information content (AvgIpc) is 3.38. The van der Waals surface area contributed by atoms with Crippen molar-refractivity contribution in [3.05, 3.63) is 157 Å². The van der Waals surface area contributed by atoms with E-state index in [-0.39, 0.29) is 17.7 Å². The maximum absolute atomic E-state index is 14.3. The van der Waals surface area contributed by atoms with Gasteiger partial charge in [-0.15, -0.1) is 0 Å². The summed E-state index contributed by atoms with van der Waals surface area (Å²) in [5.41, 5.74) is 3.75. The van der Waals surface area contributed by atoms with Crippen molar-refractivity contribution in [2.24, 2.45) is 4.99 Å². The van der Waals surface area contributed by atoms with Crippen LogP contribution in [0, 0.1) is 0 Å². The fourth-order valence-electron chi connectivity index (χ4n) is 5.18. The number of rotatable bonds is 9. The van der Waals surface area contributed by atoms with E-state index in [1.807, 2.05) is 115 Å². The van der Waals surface area contributed by atoms with Gasteiger partial charge in [0.25, 0.3) is 5.56 Å². The second kappa shape index (κ2) is 13.0. The van der Waals surface area contributed by atoms with E-state index in [1.54, 1.807) is 18.6 Å². The van der Waals surface area contributed by atoms with E-state index in [4.69, 9.17) is 19.2 Å². The second-order valence-corrected chi connectivity index (χ2v) is 11.0. The molecule has 0 N–H and O–H groups in total. The number of carbonyl (C=O) groups is 1. The molecule has 0 spiro atoms. The Bertz CT molecular complexity index is 2010. The van der Waals surface area contributed by atoms with Gasteiger partial charge < -0.3 is 14.2 Å². The number of hydrogen-bond donors (Lipinski definition) is 0. The van der Waals surface area contributed by atoms with Crippen molar-refractivity contribution < 1.29 is 19.0 Å². The van der Waals surface area contributed by atoms with Crippen molar-refractivity contribution in [2.45, 2.75) is 19.6 Å². The van der Waals surface area contributed by atoms with Gasteiger partial charge in [0.15, 0.2) is 4.80 Å². The van der Waals surface area contributed by atoms with E-state index in [2.05, 4.69) is 0 Å². The third-order valence-corrected chi connectivity index (χ3v) is 8.21. The van der Waals surface area contributed by atoms with Gasteiger partial charge >= 0.3 is 5.97 Å². The Kier molecular flexibility index (Phi) is 8.52. The molecule has 220 valence electrons. The third-order valence-electron chi connectivity index (χ3n) is 7.23. The lowest BCUT2D eigenvalue weighted by molar-refractivity contribution is -0.138. The lowest BCUT2D eigenvalue weighted by Gasteiger charge is -2.26. The summed E-state index contributed by atoms with van der Waals surface area (Å²) in [5.74, 6) is 0.733. The monoisotopic (exact) mass is 602 g/mol. The van der Waals surface area contributed by atoms with Crippen LogP contribution in [0.15, 0.2) is 125 Å². The zero-order chi connectivity index (χ0) is 30.5. The number of hydrogen-bond acceptors (Lipinski definition) is 7. The predicted molar refractivity (Wildman–Crippen MR) is 171 cm³/mol. The highest BCUT2D eigenvalue weighted by Gasteiger charge is 2.35. The first-order valence-electron chi connectivity index (χ1n) is 14.3. The van der Waals surface area contributed by atoms with Crippen molar-refractivity contribution >= 4 is 29.1 Å². The summed E-state index contributed by atoms with van der Waals surface area (Å²) in [4.78, 5) is 33.3. The number of para-hydroxylation sites is 1. The van der Waals surface area contributed by atoms with Crippen LogP contribution in [0.5, 0.6) is 11.5 Å². The summed E-state index contributed by atoms with van der Waals surface area (Å²) in [7, 11) is 1.58. The van der Waals surface area contributed by atoms with Gasteiger partial charge in [-0.3, -0.25) is 9.36 Å². The predicted octanol–water partition coefficient (Wildman–Crippen LogP) is 5.52. The molecule has 0 radical (unpaired) electrons. The number of aromatic nitrogens is 1. The van der Waals surface area contributed by atoms with Gasteiger partial charge in [-0.1, -0.05) is 102 Å². The molecule has 0 fully saturated rings. The molecule has 1 aliphatic heterocycles. The Balaban J connectivity index is 1.54. The number of esters is 1.